The molecule has 2 aliphatic rings. The predicted octanol–water partition coefficient (Wildman–Crippen LogP) is 2.23. The summed E-state index contributed by atoms with van der Waals surface area (Å²) in [5.74, 6) is 0.224. The summed E-state index contributed by atoms with van der Waals surface area (Å²) in [6.45, 7) is 3.52. The third kappa shape index (κ3) is 3.17. The number of hydrogen-bond acceptors (Lipinski definition) is 4. The first-order chi connectivity index (χ1) is 9.74. The molecule has 0 radical (unpaired) electrons. The molecular weight excluding hydrogens is 296 g/mol. The van der Waals surface area contributed by atoms with Crippen LogP contribution in [0.1, 0.15) is 29.3 Å². The van der Waals surface area contributed by atoms with Gasteiger partial charge in [0.25, 0.3) is 0 Å². The highest BCUT2D eigenvalue weighted by molar-refractivity contribution is 7.16. The van der Waals surface area contributed by atoms with Gasteiger partial charge in [-0.15, -0.1) is 11.3 Å². The van der Waals surface area contributed by atoms with Gasteiger partial charge in [-0.2, -0.15) is 0 Å². The van der Waals surface area contributed by atoms with Crippen LogP contribution >= 0.6 is 22.9 Å². The number of ether oxygens (including phenoxy) is 1. The van der Waals surface area contributed by atoms with E-state index in [1.54, 1.807) is 11.3 Å². The molecule has 0 spiro atoms. The van der Waals surface area contributed by atoms with Crippen molar-refractivity contribution in [2.45, 2.75) is 25.3 Å². The molecule has 1 amide bonds. The minimum atomic E-state index is 0.224. The maximum atomic E-state index is 12.0. The third-order valence-electron chi connectivity index (χ3n) is 3.94. The summed E-state index contributed by atoms with van der Waals surface area (Å²) in [6.07, 6.45) is 2.77. The van der Waals surface area contributed by atoms with Crippen molar-refractivity contribution >= 4 is 28.8 Å². The van der Waals surface area contributed by atoms with Crippen LogP contribution in [0.4, 0.5) is 0 Å². The molecule has 1 fully saturated rings. The molecule has 1 saturated heterocycles. The lowest BCUT2D eigenvalue weighted by molar-refractivity contribution is -0.135. The summed E-state index contributed by atoms with van der Waals surface area (Å²) in [7, 11) is 0. The largest absolute Gasteiger partial charge is 0.378 e. The molecule has 1 aromatic rings. The van der Waals surface area contributed by atoms with Crippen molar-refractivity contribution in [3.8, 4) is 0 Å². The van der Waals surface area contributed by atoms with Crippen molar-refractivity contribution in [2.75, 3.05) is 32.8 Å². The van der Waals surface area contributed by atoms with Gasteiger partial charge in [0.15, 0.2) is 0 Å². The first-order valence-corrected chi connectivity index (χ1v) is 8.30. The molecule has 1 aliphatic carbocycles. The SMILES string of the molecule is O=C(CCNC1CCc2sc(Cl)cc21)N1CCOCC1. The number of amides is 1. The Morgan fingerprint density at radius 1 is 1.50 bits per heavy atom. The predicted molar refractivity (Wildman–Crippen MR) is 80.4 cm³/mol. The molecule has 1 atom stereocenters. The fourth-order valence-electron chi connectivity index (χ4n) is 2.87. The number of carbonyl (C=O) groups is 1. The van der Waals surface area contributed by atoms with Crippen LogP contribution in [0.3, 0.4) is 0 Å². The van der Waals surface area contributed by atoms with Crippen molar-refractivity contribution in [3.63, 3.8) is 0 Å². The average Bonchev–Trinajstić information content (AvgIpc) is 3.00. The van der Waals surface area contributed by atoms with Gasteiger partial charge in [-0.25, -0.2) is 0 Å². The smallest absolute Gasteiger partial charge is 0.224 e. The molecule has 2 heterocycles. The topological polar surface area (TPSA) is 41.6 Å². The van der Waals surface area contributed by atoms with Crippen molar-refractivity contribution in [1.82, 2.24) is 10.2 Å². The van der Waals surface area contributed by atoms with Gasteiger partial charge >= 0.3 is 0 Å². The van der Waals surface area contributed by atoms with E-state index in [0.717, 1.165) is 36.8 Å². The number of hydrogen-bond donors (Lipinski definition) is 1. The van der Waals surface area contributed by atoms with Crippen LogP contribution in [-0.2, 0) is 16.0 Å². The van der Waals surface area contributed by atoms with Crippen molar-refractivity contribution in [2.24, 2.45) is 0 Å². The van der Waals surface area contributed by atoms with E-state index in [4.69, 9.17) is 16.3 Å². The summed E-state index contributed by atoms with van der Waals surface area (Å²) in [5.41, 5.74) is 1.33. The second-order valence-corrected chi connectivity index (χ2v) is 6.99. The van der Waals surface area contributed by atoms with E-state index in [9.17, 15) is 4.79 Å². The average molecular weight is 315 g/mol. The lowest BCUT2D eigenvalue weighted by atomic mass is 10.1. The molecule has 4 nitrogen and oxygen atoms in total. The molecule has 1 aliphatic heterocycles. The Labute approximate surface area is 128 Å². The van der Waals surface area contributed by atoms with Crippen LogP contribution in [0.15, 0.2) is 6.07 Å². The van der Waals surface area contributed by atoms with E-state index in [1.807, 2.05) is 4.90 Å². The van der Waals surface area contributed by atoms with Crippen molar-refractivity contribution in [1.29, 1.82) is 0 Å². The lowest BCUT2D eigenvalue weighted by Gasteiger charge is -2.27. The monoisotopic (exact) mass is 314 g/mol. The molecule has 1 N–H and O–H groups in total. The van der Waals surface area contributed by atoms with E-state index >= 15 is 0 Å². The molecule has 0 aromatic carbocycles. The molecule has 110 valence electrons. The lowest BCUT2D eigenvalue weighted by Crippen LogP contribution is -2.41. The van der Waals surface area contributed by atoms with Crippen LogP contribution in [0.5, 0.6) is 0 Å². The number of carbonyl (C=O) groups excluding carboxylic acids is 1. The Morgan fingerprint density at radius 3 is 3.10 bits per heavy atom. The number of halogens is 1. The highest BCUT2D eigenvalue weighted by Crippen LogP contribution is 2.39. The maximum Gasteiger partial charge on any atom is 0.224 e. The highest BCUT2D eigenvalue weighted by atomic mass is 35.5. The molecular formula is C14H19ClN2O2S. The summed E-state index contributed by atoms with van der Waals surface area (Å²) in [5, 5.41) is 3.49. The Kier molecular flexibility index (Phi) is 4.61. The van der Waals surface area contributed by atoms with E-state index in [-0.39, 0.29) is 5.91 Å². The summed E-state index contributed by atoms with van der Waals surface area (Å²) in [4.78, 5) is 15.3. The highest BCUT2D eigenvalue weighted by Gasteiger charge is 2.25. The van der Waals surface area contributed by atoms with Gasteiger partial charge in [0.2, 0.25) is 5.91 Å². The normalized spacial score (nSPS) is 22.1. The third-order valence-corrected chi connectivity index (χ3v) is 5.28. The molecule has 0 bridgehead atoms. The first kappa shape index (κ1) is 14.3. The van der Waals surface area contributed by atoms with Crippen LogP contribution in [0, 0.1) is 0 Å². The fourth-order valence-corrected chi connectivity index (χ4v) is 4.22. The van der Waals surface area contributed by atoms with E-state index < -0.39 is 0 Å². The van der Waals surface area contributed by atoms with Crippen LogP contribution in [0.2, 0.25) is 4.34 Å². The molecule has 3 rings (SSSR count). The van der Waals surface area contributed by atoms with Gasteiger partial charge in [-0.3, -0.25) is 4.79 Å². The Hall–Kier alpha value is -0.620. The van der Waals surface area contributed by atoms with Gasteiger partial charge < -0.3 is 15.0 Å². The zero-order chi connectivity index (χ0) is 13.9. The molecule has 1 unspecified atom stereocenters. The number of morpholine rings is 1. The summed E-state index contributed by atoms with van der Waals surface area (Å²) < 4.78 is 6.12. The van der Waals surface area contributed by atoms with E-state index in [2.05, 4.69) is 11.4 Å². The zero-order valence-electron chi connectivity index (χ0n) is 11.4. The number of thiophene rings is 1. The number of nitrogens with one attached hydrogen (secondary N) is 1. The maximum absolute atomic E-state index is 12.0. The number of rotatable bonds is 4. The minimum absolute atomic E-state index is 0.224. The second-order valence-electron chi connectivity index (χ2n) is 5.22. The Bertz CT molecular complexity index is 486. The zero-order valence-corrected chi connectivity index (χ0v) is 12.9. The molecule has 6 heteroatoms. The van der Waals surface area contributed by atoms with Gasteiger partial charge in [0.05, 0.1) is 17.6 Å². The van der Waals surface area contributed by atoms with Crippen LogP contribution < -0.4 is 5.32 Å². The summed E-state index contributed by atoms with van der Waals surface area (Å²) >= 11 is 7.73. The minimum Gasteiger partial charge on any atom is -0.378 e. The number of aryl methyl sites for hydroxylation is 1. The number of fused-ring (bicyclic) bond motifs is 1. The van der Waals surface area contributed by atoms with Gasteiger partial charge in [0.1, 0.15) is 0 Å². The second kappa shape index (κ2) is 6.43. The van der Waals surface area contributed by atoms with Gasteiger partial charge in [-0.1, -0.05) is 11.6 Å². The molecule has 0 saturated carbocycles. The van der Waals surface area contributed by atoms with Crippen molar-refractivity contribution in [3.05, 3.63) is 20.8 Å². The van der Waals surface area contributed by atoms with E-state index in [1.165, 1.54) is 10.4 Å². The standard InChI is InChI=1S/C14H19ClN2O2S/c15-13-9-10-11(1-2-12(10)20-13)16-4-3-14(18)17-5-7-19-8-6-17/h9,11,16H,1-8H2. The van der Waals surface area contributed by atoms with Gasteiger partial charge in [0, 0.05) is 37.0 Å². The Morgan fingerprint density at radius 2 is 2.30 bits per heavy atom. The van der Waals surface area contributed by atoms with Crippen molar-refractivity contribution < 1.29 is 9.53 Å². The van der Waals surface area contributed by atoms with Crippen LogP contribution in [0.25, 0.3) is 0 Å². The van der Waals surface area contributed by atoms with Gasteiger partial charge in [-0.05, 0) is 24.5 Å². The molecule has 1 aromatic heterocycles. The van der Waals surface area contributed by atoms with E-state index in [0.29, 0.717) is 25.7 Å². The molecule has 20 heavy (non-hydrogen) atoms. The fraction of sp³-hybridized carbons (Fsp3) is 0.643. The number of nitrogens with zero attached hydrogens (tertiary/aromatic N) is 1. The first-order valence-electron chi connectivity index (χ1n) is 7.11. The quantitative estimate of drug-likeness (QED) is 0.926. The Balaban J connectivity index is 1.45. The summed E-state index contributed by atoms with van der Waals surface area (Å²) in [6, 6.07) is 2.43. The van der Waals surface area contributed by atoms with Crippen LogP contribution in [-0.4, -0.2) is 43.7 Å².